The fraction of sp³-hybridized carbons (Fsp3) is 0.381. The van der Waals surface area contributed by atoms with Gasteiger partial charge in [-0.3, -0.25) is 19.4 Å². The lowest BCUT2D eigenvalue weighted by Gasteiger charge is -2.37. The van der Waals surface area contributed by atoms with Crippen molar-refractivity contribution in [2.45, 2.75) is 25.4 Å². The first-order valence-electron chi connectivity index (χ1n) is 9.64. The highest BCUT2D eigenvalue weighted by molar-refractivity contribution is 7.12. The first-order valence-corrected chi connectivity index (χ1v) is 10.5. The Morgan fingerprint density at radius 2 is 2.29 bits per heavy atom. The number of aromatic nitrogens is 3. The monoisotopic (exact) mass is 395 g/mol. The van der Waals surface area contributed by atoms with Crippen molar-refractivity contribution in [2.75, 3.05) is 13.1 Å². The van der Waals surface area contributed by atoms with Crippen molar-refractivity contribution in [2.24, 2.45) is 13.0 Å². The number of nitrogens with one attached hydrogen (secondary N) is 1. The number of thiophene rings is 1. The van der Waals surface area contributed by atoms with Crippen LogP contribution in [0.25, 0.3) is 0 Å². The molecule has 28 heavy (non-hydrogen) atoms. The Morgan fingerprint density at radius 1 is 1.36 bits per heavy atom. The van der Waals surface area contributed by atoms with E-state index in [0.717, 1.165) is 43.0 Å². The summed E-state index contributed by atoms with van der Waals surface area (Å²) < 4.78 is 1.84. The molecule has 1 N–H and O–H groups in total. The molecule has 2 unspecified atom stereocenters. The van der Waals surface area contributed by atoms with Gasteiger partial charge in [-0.05, 0) is 48.9 Å². The van der Waals surface area contributed by atoms with Crippen LogP contribution in [-0.2, 0) is 13.6 Å². The summed E-state index contributed by atoms with van der Waals surface area (Å²) in [6, 6.07) is 9.60. The lowest BCUT2D eigenvalue weighted by Crippen LogP contribution is -2.42. The molecule has 0 radical (unpaired) electrons. The average Bonchev–Trinajstić information content (AvgIpc) is 3.39. The Kier molecular flexibility index (Phi) is 5.83. The predicted octanol–water partition coefficient (Wildman–Crippen LogP) is 3.26. The molecule has 2 atom stereocenters. The molecule has 1 aliphatic heterocycles. The molecular weight excluding hydrogens is 370 g/mol. The Morgan fingerprint density at radius 3 is 3.00 bits per heavy atom. The van der Waals surface area contributed by atoms with Crippen LogP contribution < -0.4 is 5.32 Å². The second-order valence-corrected chi connectivity index (χ2v) is 8.29. The maximum absolute atomic E-state index is 12.8. The quantitative estimate of drug-likeness (QED) is 0.696. The van der Waals surface area contributed by atoms with Crippen LogP contribution in [0.15, 0.2) is 54.3 Å². The summed E-state index contributed by atoms with van der Waals surface area (Å²) in [6.45, 7) is 2.89. The third-order valence-electron chi connectivity index (χ3n) is 5.22. The normalized spacial score (nSPS) is 18.7. The Hall–Kier alpha value is -2.51. The smallest absolute Gasteiger partial charge is 0.261 e. The molecule has 4 heterocycles. The lowest BCUT2D eigenvalue weighted by atomic mass is 9.88. The molecule has 6 nitrogen and oxygen atoms in total. The highest BCUT2D eigenvalue weighted by atomic mass is 32.1. The Bertz CT molecular complexity index is 893. The molecule has 1 aliphatic rings. The Labute approximate surface area is 169 Å². The van der Waals surface area contributed by atoms with Crippen molar-refractivity contribution in [3.05, 3.63) is 70.4 Å². The molecule has 7 heteroatoms. The molecule has 0 aromatic carbocycles. The van der Waals surface area contributed by atoms with Gasteiger partial charge in [-0.25, -0.2) is 0 Å². The number of hydrogen-bond donors (Lipinski definition) is 1. The first kappa shape index (κ1) is 18.8. The standard InChI is InChI=1S/C21H25N5OS/c1-25-13-16(12-23-25)14-26-10-4-6-17(15-26)20(18-7-2-3-9-22-18)24-21(27)19-8-5-11-28-19/h2-3,5,7-9,11-13,17,20H,4,6,10,14-15H2,1H3,(H,24,27). The molecule has 146 valence electrons. The van der Waals surface area contributed by atoms with E-state index in [-0.39, 0.29) is 11.9 Å². The van der Waals surface area contributed by atoms with Crippen molar-refractivity contribution >= 4 is 17.2 Å². The summed E-state index contributed by atoms with van der Waals surface area (Å²) in [6.07, 6.45) is 7.99. The minimum atomic E-state index is -0.0903. The first-order chi connectivity index (χ1) is 13.7. The summed E-state index contributed by atoms with van der Waals surface area (Å²) in [5.41, 5.74) is 2.15. The highest BCUT2D eigenvalue weighted by Crippen LogP contribution is 2.30. The van der Waals surface area contributed by atoms with Crippen LogP contribution in [0, 0.1) is 5.92 Å². The fourth-order valence-electron chi connectivity index (χ4n) is 3.93. The van der Waals surface area contributed by atoms with E-state index in [1.54, 1.807) is 6.20 Å². The predicted molar refractivity (Wildman–Crippen MR) is 110 cm³/mol. The number of carbonyl (C=O) groups excluding carboxylic acids is 1. The number of likely N-dealkylation sites (tertiary alicyclic amines) is 1. The van der Waals surface area contributed by atoms with Gasteiger partial charge in [-0.1, -0.05) is 12.1 Å². The van der Waals surface area contributed by atoms with Gasteiger partial charge in [0.05, 0.1) is 22.8 Å². The van der Waals surface area contributed by atoms with Gasteiger partial charge in [0.1, 0.15) is 0 Å². The molecular formula is C21H25N5OS. The number of carbonyl (C=O) groups is 1. The molecule has 1 saturated heterocycles. The number of rotatable bonds is 6. The van der Waals surface area contributed by atoms with Gasteiger partial charge < -0.3 is 5.32 Å². The lowest BCUT2D eigenvalue weighted by molar-refractivity contribution is 0.0879. The molecule has 1 fully saturated rings. The molecule has 0 saturated carbocycles. The highest BCUT2D eigenvalue weighted by Gasteiger charge is 2.31. The molecule has 0 spiro atoms. The number of hydrogen-bond acceptors (Lipinski definition) is 5. The van der Waals surface area contributed by atoms with E-state index in [1.807, 2.05) is 53.6 Å². The van der Waals surface area contributed by atoms with E-state index < -0.39 is 0 Å². The van der Waals surface area contributed by atoms with Gasteiger partial charge in [0.2, 0.25) is 0 Å². The van der Waals surface area contributed by atoms with Crippen LogP contribution in [0.3, 0.4) is 0 Å². The van der Waals surface area contributed by atoms with Crippen molar-refractivity contribution in [3.8, 4) is 0 Å². The SMILES string of the molecule is Cn1cc(CN2CCCC(C(NC(=O)c3cccs3)c3ccccn3)C2)cn1. The summed E-state index contributed by atoms with van der Waals surface area (Å²) in [5, 5.41) is 9.47. The minimum Gasteiger partial charge on any atom is -0.343 e. The molecule has 0 bridgehead atoms. The zero-order valence-electron chi connectivity index (χ0n) is 16.0. The van der Waals surface area contributed by atoms with Gasteiger partial charge in [-0.15, -0.1) is 11.3 Å². The summed E-state index contributed by atoms with van der Waals surface area (Å²) in [7, 11) is 1.94. The number of nitrogens with zero attached hydrogens (tertiary/aromatic N) is 4. The van der Waals surface area contributed by atoms with Gasteiger partial charge in [0, 0.05) is 38.1 Å². The van der Waals surface area contributed by atoms with Crippen LogP contribution in [0.4, 0.5) is 0 Å². The summed E-state index contributed by atoms with van der Waals surface area (Å²) in [5.74, 6) is 0.305. The Balaban J connectivity index is 1.51. The van der Waals surface area contributed by atoms with Crippen LogP contribution in [0.5, 0.6) is 0 Å². The minimum absolute atomic E-state index is 0.0185. The van der Waals surface area contributed by atoms with E-state index in [4.69, 9.17) is 0 Å². The van der Waals surface area contributed by atoms with Crippen LogP contribution in [-0.4, -0.2) is 38.7 Å². The van der Waals surface area contributed by atoms with Gasteiger partial charge >= 0.3 is 0 Å². The molecule has 0 aliphatic carbocycles. The van der Waals surface area contributed by atoms with E-state index in [2.05, 4.69) is 26.5 Å². The molecule has 3 aromatic heterocycles. The van der Waals surface area contributed by atoms with Gasteiger partial charge in [0.15, 0.2) is 0 Å². The fourth-order valence-corrected chi connectivity index (χ4v) is 4.56. The molecule has 3 aromatic rings. The number of aryl methyl sites for hydroxylation is 1. The number of pyridine rings is 1. The van der Waals surface area contributed by atoms with Crippen molar-refractivity contribution in [1.82, 2.24) is 25.0 Å². The molecule has 4 rings (SSSR count). The maximum Gasteiger partial charge on any atom is 0.261 e. The van der Waals surface area contributed by atoms with Crippen molar-refractivity contribution < 1.29 is 4.79 Å². The van der Waals surface area contributed by atoms with Crippen LogP contribution in [0.1, 0.15) is 39.8 Å². The van der Waals surface area contributed by atoms with Crippen LogP contribution in [0.2, 0.25) is 0 Å². The van der Waals surface area contributed by atoms with E-state index in [1.165, 1.54) is 16.9 Å². The number of amides is 1. The van der Waals surface area contributed by atoms with E-state index in [0.29, 0.717) is 5.92 Å². The van der Waals surface area contributed by atoms with Gasteiger partial charge in [-0.2, -0.15) is 5.10 Å². The second-order valence-electron chi connectivity index (χ2n) is 7.34. The third-order valence-corrected chi connectivity index (χ3v) is 6.08. The molecule has 1 amide bonds. The third kappa shape index (κ3) is 4.48. The maximum atomic E-state index is 12.8. The summed E-state index contributed by atoms with van der Waals surface area (Å²) in [4.78, 5) is 20.5. The summed E-state index contributed by atoms with van der Waals surface area (Å²) >= 11 is 1.47. The zero-order valence-corrected chi connectivity index (χ0v) is 16.8. The largest absolute Gasteiger partial charge is 0.343 e. The van der Waals surface area contributed by atoms with E-state index in [9.17, 15) is 4.79 Å². The van der Waals surface area contributed by atoms with Crippen molar-refractivity contribution in [3.63, 3.8) is 0 Å². The number of piperidine rings is 1. The van der Waals surface area contributed by atoms with Gasteiger partial charge in [0.25, 0.3) is 5.91 Å². The topological polar surface area (TPSA) is 63.0 Å². The van der Waals surface area contributed by atoms with E-state index >= 15 is 0 Å². The average molecular weight is 396 g/mol. The van der Waals surface area contributed by atoms with Crippen LogP contribution >= 0.6 is 11.3 Å². The zero-order chi connectivity index (χ0) is 19.3. The second kappa shape index (κ2) is 8.67. The van der Waals surface area contributed by atoms with Crippen molar-refractivity contribution in [1.29, 1.82) is 0 Å².